The number of nitrogens with zero attached hydrogens (tertiary/aromatic N) is 2. The van der Waals surface area contributed by atoms with E-state index in [1.54, 1.807) is 0 Å². The molecule has 4 nitrogen and oxygen atoms in total. The maximum atomic E-state index is 13.1. The van der Waals surface area contributed by atoms with Crippen molar-refractivity contribution in [3.05, 3.63) is 81.8 Å². The molecule has 1 N–H and O–H groups in total. The molecule has 0 bridgehead atoms. The van der Waals surface area contributed by atoms with Crippen LogP contribution >= 0.6 is 0 Å². The molecule has 1 heterocycles. The van der Waals surface area contributed by atoms with Gasteiger partial charge in [-0.2, -0.15) is 5.10 Å². The molecule has 0 aliphatic rings. The smallest absolute Gasteiger partial charge is 0.278 e. The summed E-state index contributed by atoms with van der Waals surface area (Å²) in [6, 6.07) is 17.7. The first kappa shape index (κ1) is 18.9. The lowest BCUT2D eigenvalue weighted by atomic mass is 9.98. The van der Waals surface area contributed by atoms with Gasteiger partial charge in [-0.25, -0.2) is 4.68 Å². The Bertz CT molecular complexity index is 975. The summed E-state index contributed by atoms with van der Waals surface area (Å²) in [5, 5.41) is 15.3. The van der Waals surface area contributed by atoms with Crippen LogP contribution in [-0.2, 0) is 19.4 Å². The normalized spacial score (nSPS) is 11.1. The minimum absolute atomic E-state index is 0.0129. The van der Waals surface area contributed by atoms with Gasteiger partial charge in [-0.15, -0.1) is 0 Å². The summed E-state index contributed by atoms with van der Waals surface area (Å²) in [5.41, 5.74) is 3.57. The maximum absolute atomic E-state index is 13.1. The number of hydrogen-bond donors (Lipinski definition) is 1. The molecule has 27 heavy (non-hydrogen) atoms. The van der Waals surface area contributed by atoms with Crippen molar-refractivity contribution in [2.75, 3.05) is 0 Å². The first-order valence-electron chi connectivity index (χ1n) is 9.40. The fraction of sp³-hybridized carbons (Fsp3) is 0.304. The molecule has 3 aromatic rings. The van der Waals surface area contributed by atoms with E-state index in [0.29, 0.717) is 36.6 Å². The molecule has 0 saturated heterocycles. The maximum Gasteiger partial charge on any atom is 0.278 e. The Balaban J connectivity index is 2.09. The van der Waals surface area contributed by atoms with Crippen molar-refractivity contribution in [3.8, 4) is 16.9 Å². The zero-order valence-corrected chi connectivity index (χ0v) is 16.1. The average molecular weight is 362 g/mol. The molecule has 4 heteroatoms. The highest BCUT2D eigenvalue weighted by Crippen LogP contribution is 2.31. The predicted molar refractivity (Wildman–Crippen MR) is 109 cm³/mol. The van der Waals surface area contributed by atoms with Gasteiger partial charge in [0.05, 0.1) is 5.56 Å². The van der Waals surface area contributed by atoms with E-state index < -0.39 is 0 Å². The van der Waals surface area contributed by atoms with Crippen LogP contribution in [0.3, 0.4) is 0 Å². The largest absolute Gasteiger partial charge is 0.505 e. The summed E-state index contributed by atoms with van der Waals surface area (Å²) in [4.78, 5) is 13.1. The Labute approximate surface area is 160 Å². The van der Waals surface area contributed by atoms with E-state index in [1.807, 2.05) is 61.5 Å². The van der Waals surface area contributed by atoms with E-state index in [1.165, 1.54) is 4.68 Å². The van der Waals surface area contributed by atoms with Crippen LogP contribution < -0.4 is 5.56 Å². The van der Waals surface area contributed by atoms with Crippen LogP contribution in [0.4, 0.5) is 0 Å². The molecule has 0 radical (unpaired) electrons. The van der Waals surface area contributed by atoms with Crippen LogP contribution in [0.5, 0.6) is 5.75 Å². The van der Waals surface area contributed by atoms with Gasteiger partial charge in [-0.3, -0.25) is 4.79 Å². The lowest BCUT2D eigenvalue weighted by Gasteiger charge is -2.15. The fourth-order valence-electron chi connectivity index (χ4n) is 3.26. The molecule has 140 valence electrons. The molecular weight excluding hydrogens is 336 g/mol. The van der Waals surface area contributed by atoms with Gasteiger partial charge in [0.1, 0.15) is 5.69 Å². The summed E-state index contributed by atoms with van der Waals surface area (Å²) >= 11 is 0. The van der Waals surface area contributed by atoms with Crippen molar-refractivity contribution in [2.24, 2.45) is 5.92 Å². The topological polar surface area (TPSA) is 55.1 Å². The number of hydrogen-bond acceptors (Lipinski definition) is 3. The third-order valence-corrected chi connectivity index (χ3v) is 4.67. The van der Waals surface area contributed by atoms with Gasteiger partial charge in [-0.1, -0.05) is 68.4 Å². The van der Waals surface area contributed by atoms with E-state index in [9.17, 15) is 9.90 Å². The molecular formula is C23H26N2O2. The average Bonchev–Trinajstić information content (AvgIpc) is 2.65. The highest BCUT2D eigenvalue weighted by atomic mass is 16.3. The number of aromatic nitrogens is 2. The highest BCUT2D eigenvalue weighted by Gasteiger charge is 2.20. The Morgan fingerprint density at radius 1 is 1.04 bits per heavy atom. The standard InChI is InChI=1S/C23H26N2O2/c1-16(2)15-20-22(26)21(19-12-8-7-9-17(19)3)23(27)25(24-20)14-13-18-10-5-4-6-11-18/h4-12,16,26H,13-15H2,1-3H3. The molecule has 0 unspecified atom stereocenters. The number of aryl methyl sites for hydroxylation is 3. The number of rotatable bonds is 6. The van der Waals surface area contributed by atoms with Gasteiger partial charge < -0.3 is 5.11 Å². The van der Waals surface area contributed by atoms with Crippen molar-refractivity contribution in [1.82, 2.24) is 9.78 Å². The van der Waals surface area contributed by atoms with Crippen molar-refractivity contribution >= 4 is 0 Å². The first-order valence-corrected chi connectivity index (χ1v) is 9.40. The van der Waals surface area contributed by atoms with Crippen LogP contribution in [-0.4, -0.2) is 14.9 Å². The van der Waals surface area contributed by atoms with E-state index in [-0.39, 0.29) is 11.3 Å². The monoisotopic (exact) mass is 362 g/mol. The van der Waals surface area contributed by atoms with Gasteiger partial charge in [0.15, 0.2) is 5.75 Å². The molecule has 0 amide bonds. The Morgan fingerprint density at radius 2 is 1.70 bits per heavy atom. The summed E-state index contributed by atoms with van der Waals surface area (Å²) < 4.78 is 1.51. The molecule has 0 atom stereocenters. The zero-order chi connectivity index (χ0) is 19.4. The summed E-state index contributed by atoms with van der Waals surface area (Å²) in [7, 11) is 0. The van der Waals surface area contributed by atoms with E-state index >= 15 is 0 Å². The van der Waals surface area contributed by atoms with E-state index in [4.69, 9.17) is 0 Å². The Hall–Kier alpha value is -2.88. The van der Waals surface area contributed by atoms with Crippen molar-refractivity contribution in [3.63, 3.8) is 0 Å². The molecule has 0 fully saturated rings. The fourth-order valence-corrected chi connectivity index (χ4v) is 3.26. The van der Waals surface area contributed by atoms with Crippen molar-refractivity contribution in [2.45, 2.75) is 40.2 Å². The number of aromatic hydroxyl groups is 1. The van der Waals surface area contributed by atoms with E-state index in [2.05, 4.69) is 18.9 Å². The highest BCUT2D eigenvalue weighted by molar-refractivity contribution is 5.72. The lowest BCUT2D eigenvalue weighted by molar-refractivity contribution is 0.440. The van der Waals surface area contributed by atoms with Crippen molar-refractivity contribution < 1.29 is 5.11 Å². The Kier molecular flexibility index (Phi) is 5.75. The van der Waals surface area contributed by atoms with E-state index in [0.717, 1.165) is 16.7 Å². The van der Waals surface area contributed by atoms with Crippen LogP contribution in [0.2, 0.25) is 0 Å². The SMILES string of the molecule is Cc1ccccc1-c1c(O)c(CC(C)C)nn(CCc2ccccc2)c1=O. The molecule has 0 spiro atoms. The van der Waals surface area contributed by atoms with Gasteiger partial charge in [0.2, 0.25) is 0 Å². The van der Waals surface area contributed by atoms with Gasteiger partial charge in [0.25, 0.3) is 5.56 Å². The minimum Gasteiger partial charge on any atom is -0.505 e. The second-order valence-electron chi connectivity index (χ2n) is 7.35. The van der Waals surface area contributed by atoms with Crippen LogP contribution in [0.1, 0.15) is 30.7 Å². The summed E-state index contributed by atoms with van der Waals surface area (Å²) in [6.45, 7) is 6.58. The van der Waals surface area contributed by atoms with Crippen LogP contribution in [0, 0.1) is 12.8 Å². The summed E-state index contributed by atoms with van der Waals surface area (Å²) in [5.74, 6) is 0.340. The predicted octanol–water partition coefficient (Wildman–Crippen LogP) is 4.37. The molecule has 0 aliphatic carbocycles. The van der Waals surface area contributed by atoms with Crippen molar-refractivity contribution in [1.29, 1.82) is 0 Å². The molecule has 2 aromatic carbocycles. The van der Waals surface area contributed by atoms with Crippen LogP contribution in [0.25, 0.3) is 11.1 Å². The molecule has 0 aliphatic heterocycles. The lowest BCUT2D eigenvalue weighted by Crippen LogP contribution is -2.27. The van der Waals surface area contributed by atoms with Crippen LogP contribution in [0.15, 0.2) is 59.4 Å². The van der Waals surface area contributed by atoms with Gasteiger partial charge >= 0.3 is 0 Å². The van der Waals surface area contributed by atoms with Gasteiger partial charge in [0, 0.05) is 6.54 Å². The molecule has 1 aromatic heterocycles. The minimum atomic E-state index is -0.245. The number of benzene rings is 2. The third kappa shape index (κ3) is 4.27. The molecule has 0 saturated carbocycles. The third-order valence-electron chi connectivity index (χ3n) is 4.67. The second-order valence-corrected chi connectivity index (χ2v) is 7.35. The quantitative estimate of drug-likeness (QED) is 0.709. The first-order chi connectivity index (χ1) is 13.0. The zero-order valence-electron chi connectivity index (χ0n) is 16.1. The second kappa shape index (κ2) is 8.21. The summed E-state index contributed by atoms with van der Waals surface area (Å²) in [6.07, 6.45) is 1.34. The Morgan fingerprint density at radius 3 is 2.37 bits per heavy atom. The van der Waals surface area contributed by atoms with Gasteiger partial charge in [-0.05, 0) is 42.4 Å². The molecule has 3 rings (SSSR count).